The first-order valence-electron chi connectivity index (χ1n) is 5.68. The zero-order valence-corrected chi connectivity index (χ0v) is 10.7. The van der Waals surface area contributed by atoms with Gasteiger partial charge in [-0.2, -0.15) is 5.10 Å². The number of esters is 1. The van der Waals surface area contributed by atoms with Crippen molar-refractivity contribution in [2.75, 3.05) is 12.8 Å². The Kier molecular flexibility index (Phi) is 3.65. The average Bonchev–Trinajstić information content (AvgIpc) is 2.87. The van der Waals surface area contributed by atoms with Crippen LogP contribution >= 0.6 is 0 Å². The van der Waals surface area contributed by atoms with Crippen molar-refractivity contribution in [1.29, 1.82) is 0 Å². The number of carbonyl (C=O) groups is 1. The Morgan fingerprint density at radius 2 is 2.26 bits per heavy atom. The van der Waals surface area contributed by atoms with E-state index in [1.165, 1.54) is 19.4 Å². The molecular formula is C12H14N4O3. The van der Waals surface area contributed by atoms with Gasteiger partial charge in [0.25, 0.3) is 0 Å². The molecule has 7 heteroatoms. The summed E-state index contributed by atoms with van der Waals surface area (Å²) in [6.45, 7) is 2.71. The van der Waals surface area contributed by atoms with Gasteiger partial charge in [0.05, 0.1) is 37.0 Å². The summed E-state index contributed by atoms with van der Waals surface area (Å²) in [5, 5.41) is 4.07. The topological polar surface area (TPSA) is 92.3 Å². The fraction of sp³-hybridized carbons (Fsp3) is 0.250. The van der Waals surface area contributed by atoms with Crippen molar-refractivity contribution in [2.45, 2.75) is 13.5 Å². The lowest BCUT2D eigenvalue weighted by molar-refractivity contribution is 0.0601. The molecule has 0 aliphatic heterocycles. The summed E-state index contributed by atoms with van der Waals surface area (Å²) in [7, 11) is 1.29. The predicted molar refractivity (Wildman–Crippen MR) is 68.0 cm³/mol. The standard InChI is InChI=1S/C12H14N4O3/c1-3-16-7-8(5-15-16)19-11-4-9(12(17)18-2)10(13)6-14-11/h4-7H,3,13H2,1-2H3. The molecule has 7 nitrogen and oxygen atoms in total. The normalized spacial score (nSPS) is 10.2. The van der Waals surface area contributed by atoms with Gasteiger partial charge in [0.1, 0.15) is 0 Å². The van der Waals surface area contributed by atoms with E-state index in [2.05, 4.69) is 14.8 Å². The molecule has 2 aromatic heterocycles. The predicted octanol–water partition coefficient (Wildman–Crippen LogP) is 1.46. The van der Waals surface area contributed by atoms with E-state index in [4.69, 9.17) is 10.5 Å². The second-order valence-corrected chi connectivity index (χ2v) is 3.74. The molecule has 0 aliphatic carbocycles. The quantitative estimate of drug-likeness (QED) is 0.838. The maximum absolute atomic E-state index is 11.5. The number of aromatic nitrogens is 3. The van der Waals surface area contributed by atoms with Crippen LogP contribution in [0.5, 0.6) is 11.6 Å². The zero-order chi connectivity index (χ0) is 13.8. The number of aryl methyl sites for hydroxylation is 1. The minimum atomic E-state index is -0.533. The van der Waals surface area contributed by atoms with Gasteiger partial charge in [-0.05, 0) is 6.92 Å². The van der Waals surface area contributed by atoms with Gasteiger partial charge < -0.3 is 15.2 Å². The fourth-order valence-corrected chi connectivity index (χ4v) is 1.48. The molecule has 0 fully saturated rings. The van der Waals surface area contributed by atoms with E-state index in [1.54, 1.807) is 17.1 Å². The molecule has 0 aliphatic rings. The Balaban J connectivity index is 2.23. The van der Waals surface area contributed by atoms with E-state index < -0.39 is 5.97 Å². The highest BCUT2D eigenvalue weighted by atomic mass is 16.5. The first-order valence-corrected chi connectivity index (χ1v) is 5.68. The van der Waals surface area contributed by atoms with Crippen molar-refractivity contribution in [3.8, 4) is 11.6 Å². The number of nitrogen functional groups attached to an aromatic ring is 1. The maximum Gasteiger partial charge on any atom is 0.340 e. The van der Waals surface area contributed by atoms with E-state index in [1.807, 2.05) is 6.92 Å². The summed E-state index contributed by atoms with van der Waals surface area (Å²) in [6.07, 6.45) is 4.65. The van der Waals surface area contributed by atoms with E-state index in [-0.39, 0.29) is 17.1 Å². The van der Waals surface area contributed by atoms with Gasteiger partial charge in [0.2, 0.25) is 5.88 Å². The van der Waals surface area contributed by atoms with Crippen molar-refractivity contribution in [3.63, 3.8) is 0 Å². The van der Waals surface area contributed by atoms with Crippen LogP contribution in [0.25, 0.3) is 0 Å². The largest absolute Gasteiger partial charge is 0.465 e. The molecule has 0 saturated carbocycles. The fourth-order valence-electron chi connectivity index (χ4n) is 1.48. The SMILES string of the molecule is CCn1cc(Oc2cc(C(=O)OC)c(N)cn2)cn1. The van der Waals surface area contributed by atoms with Crippen LogP contribution in [0.4, 0.5) is 5.69 Å². The third-order valence-electron chi connectivity index (χ3n) is 2.47. The maximum atomic E-state index is 11.5. The van der Waals surface area contributed by atoms with Crippen LogP contribution in [0.2, 0.25) is 0 Å². The molecule has 0 saturated heterocycles. The molecule has 0 bridgehead atoms. The highest BCUT2D eigenvalue weighted by molar-refractivity contribution is 5.95. The van der Waals surface area contributed by atoms with Gasteiger partial charge in [-0.1, -0.05) is 0 Å². The van der Waals surface area contributed by atoms with Gasteiger partial charge in [-0.25, -0.2) is 9.78 Å². The van der Waals surface area contributed by atoms with Gasteiger partial charge >= 0.3 is 5.97 Å². The number of hydrogen-bond donors (Lipinski definition) is 1. The zero-order valence-electron chi connectivity index (χ0n) is 10.7. The Morgan fingerprint density at radius 3 is 2.89 bits per heavy atom. The monoisotopic (exact) mass is 262 g/mol. The van der Waals surface area contributed by atoms with Crippen LogP contribution < -0.4 is 10.5 Å². The molecule has 2 aromatic rings. The Morgan fingerprint density at radius 1 is 1.47 bits per heavy atom. The number of carbonyl (C=O) groups excluding carboxylic acids is 1. The summed E-state index contributed by atoms with van der Waals surface area (Å²) in [5.74, 6) is 0.259. The van der Waals surface area contributed by atoms with Crippen LogP contribution in [-0.2, 0) is 11.3 Å². The molecule has 2 heterocycles. The summed E-state index contributed by atoms with van der Waals surface area (Å²) in [6, 6.07) is 1.43. The van der Waals surface area contributed by atoms with Gasteiger partial charge in [-0.15, -0.1) is 0 Å². The first-order chi connectivity index (χ1) is 9.13. The summed E-state index contributed by atoms with van der Waals surface area (Å²) >= 11 is 0. The molecular weight excluding hydrogens is 248 g/mol. The Hall–Kier alpha value is -2.57. The molecule has 0 spiro atoms. The lowest BCUT2D eigenvalue weighted by atomic mass is 10.2. The van der Waals surface area contributed by atoms with Crippen molar-refractivity contribution < 1.29 is 14.3 Å². The number of rotatable bonds is 4. The van der Waals surface area contributed by atoms with Crippen LogP contribution in [0.1, 0.15) is 17.3 Å². The van der Waals surface area contributed by atoms with Crippen molar-refractivity contribution in [2.24, 2.45) is 0 Å². The molecule has 100 valence electrons. The van der Waals surface area contributed by atoms with E-state index in [0.29, 0.717) is 5.75 Å². The molecule has 0 atom stereocenters. The summed E-state index contributed by atoms with van der Waals surface area (Å²) < 4.78 is 11.8. The van der Waals surface area contributed by atoms with E-state index >= 15 is 0 Å². The second-order valence-electron chi connectivity index (χ2n) is 3.74. The summed E-state index contributed by atoms with van der Waals surface area (Å²) in [4.78, 5) is 15.5. The minimum Gasteiger partial charge on any atom is -0.465 e. The molecule has 0 unspecified atom stereocenters. The second kappa shape index (κ2) is 5.38. The van der Waals surface area contributed by atoms with Crippen molar-refractivity contribution >= 4 is 11.7 Å². The third kappa shape index (κ3) is 2.82. The van der Waals surface area contributed by atoms with Crippen molar-refractivity contribution in [1.82, 2.24) is 14.8 Å². The number of nitrogens with zero attached hydrogens (tertiary/aromatic N) is 3. The molecule has 19 heavy (non-hydrogen) atoms. The molecule has 2 N–H and O–H groups in total. The van der Waals surface area contributed by atoms with Crippen LogP contribution in [-0.4, -0.2) is 27.8 Å². The van der Waals surface area contributed by atoms with E-state index in [9.17, 15) is 4.79 Å². The highest BCUT2D eigenvalue weighted by Gasteiger charge is 2.13. The summed E-state index contributed by atoms with van der Waals surface area (Å²) in [5.41, 5.74) is 6.11. The van der Waals surface area contributed by atoms with E-state index in [0.717, 1.165) is 6.54 Å². The lowest BCUT2D eigenvalue weighted by Gasteiger charge is -2.06. The van der Waals surface area contributed by atoms with Crippen LogP contribution in [0.3, 0.4) is 0 Å². The first kappa shape index (κ1) is 12.9. The van der Waals surface area contributed by atoms with Crippen LogP contribution in [0.15, 0.2) is 24.7 Å². The number of ether oxygens (including phenoxy) is 2. The van der Waals surface area contributed by atoms with Gasteiger partial charge in [0, 0.05) is 12.6 Å². The number of nitrogens with two attached hydrogens (primary N) is 1. The van der Waals surface area contributed by atoms with Gasteiger partial charge in [0.15, 0.2) is 5.75 Å². The number of hydrogen-bond acceptors (Lipinski definition) is 6. The Bertz CT molecular complexity index is 594. The molecule has 0 aromatic carbocycles. The average molecular weight is 262 g/mol. The molecule has 0 amide bonds. The minimum absolute atomic E-state index is 0.218. The highest BCUT2D eigenvalue weighted by Crippen LogP contribution is 2.22. The van der Waals surface area contributed by atoms with Gasteiger partial charge in [-0.3, -0.25) is 4.68 Å². The number of methoxy groups -OCH3 is 1. The smallest absolute Gasteiger partial charge is 0.340 e. The molecule has 2 rings (SSSR count). The molecule has 0 radical (unpaired) electrons. The number of pyridine rings is 1. The lowest BCUT2D eigenvalue weighted by Crippen LogP contribution is -2.06. The number of anilines is 1. The van der Waals surface area contributed by atoms with Crippen molar-refractivity contribution in [3.05, 3.63) is 30.2 Å². The third-order valence-corrected chi connectivity index (χ3v) is 2.47. The van der Waals surface area contributed by atoms with Crippen LogP contribution in [0, 0.1) is 0 Å². The Labute approximate surface area is 110 Å².